The van der Waals surface area contributed by atoms with Crippen LogP contribution < -0.4 is 5.32 Å². The Bertz CT molecular complexity index is 691. The van der Waals surface area contributed by atoms with Crippen LogP contribution in [0, 0.1) is 12.8 Å². The van der Waals surface area contributed by atoms with Crippen molar-refractivity contribution < 1.29 is 14.3 Å². The van der Waals surface area contributed by atoms with Gasteiger partial charge in [-0.25, -0.2) is 4.79 Å². The molecule has 2 N–H and O–H groups in total. The van der Waals surface area contributed by atoms with Gasteiger partial charge in [-0.05, 0) is 25.3 Å². The van der Waals surface area contributed by atoms with Crippen LogP contribution in [0.5, 0.6) is 0 Å². The quantitative estimate of drug-likeness (QED) is 0.539. The average Bonchev–Trinajstić information content (AvgIpc) is 3.27. The van der Waals surface area contributed by atoms with Gasteiger partial charge in [0.1, 0.15) is 5.28 Å². The van der Waals surface area contributed by atoms with Crippen LogP contribution >= 0.6 is 7.37 Å². The molecule has 0 aromatic heterocycles. The molecule has 1 aromatic rings. The first-order chi connectivity index (χ1) is 11.8. The molecular formula is C19H29N2O3P. The predicted octanol–water partition coefficient (Wildman–Crippen LogP) is 4.11. The van der Waals surface area contributed by atoms with E-state index in [-0.39, 0.29) is 18.1 Å². The van der Waals surface area contributed by atoms with Gasteiger partial charge in [-0.1, -0.05) is 49.2 Å². The van der Waals surface area contributed by atoms with E-state index in [1.807, 2.05) is 31.2 Å². The minimum Gasteiger partial charge on any atom is -0.342 e. The monoisotopic (exact) mass is 364 g/mol. The third-order valence-electron chi connectivity index (χ3n) is 4.89. The van der Waals surface area contributed by atoms with Crippen molar-refractivity contribution in [3.8, 4) is 0 Å². The third-order valence-corrected chi connectivity index (χ3v) is 7.56. The van der Waals surface area contributed by atoms with Crippen LogP contribution in [0.25, 0.3) is 0 Å². The van der Waals surface area contributed by atoms with Crippen molar-refractivity contribution in [2.24, 2.45) is 5.92 Å². The van der Waals surface area contributed by atoms with Crippen molar-refractivity contribution in [3.05, 3.63) is 48.0 Å². The highest BCUT2D eigenvalue weighted by molar-refractivity contribution is 7.59. The average molecular weight is 364 g/mol. The van der Waals surface area contributed by atoms with Crippen LogP contribution in [0.1, 0.15) is 37.3 Å². The molecule has 2 unspecified atom stereocenters. The second-order valence-electron chi connectivity index (χ2n) is 7.02. The first-order valence-corrected chi connectivity index (χ1v) is 10.6. The zero-order chi connectivity index (χ0) is 18.7. The van der Waals surface area contributed by atoms with E-state index < -0.39 is 12.6 Å². The first-order valence-electron chi connectivity index (χ1n) is 8.79. The van der Waals surface area contributed by atoms with Crippen LogP contribution in [0.15, 0.2) is 36.9 Å². The SMILES string of the molecule is C=CC1C[C@]1(NC(=O)N(C)CCCC)P(=O)(O)Cc1cccc(C)c1. The van der Waals surface area contributed by atoms with Gasteiger partial charge in [-0.15, -0.1) is 6.58 Å². The maximum absolute atomic E-state index is 13.2. The Kier molecular flexibility index (Phi) is 6.12. The topological polar surface area (TPSA) is 69.6 Å². The number of rotatable bonds is 8. The van der Waals surface area contributed by atoms with Crippen LogP contribution in [-0.2, 0) is 10.7 Å². The second kappa shape index (κ2) is 7.76. The number of hydrogen-bond acceptors (Lipinski definition) is 2. The fourth-order valence-corrected chi connectivity index (χ4v) is 5.51. The predicted molar refractivity (Wildman–Crippen MR) is 102 cm³/mol. The Morgan fingerprint density at radius 2 is 2.28 bits per heavy atom. The highest BCUT2D eigenvalue weighted by Gasteiger charge is 2.65. The van der Waals surface area contributed by atoms with Gasteiger partial charge in [0.25, 0.3) is 0 Å². The summed E-state index contributed by atoms with van der Waals surface area (Å²) in [6, 6.07) is 7.31. The Labute approximate surface area is 150 Å². The number of unbranched alkanes of at least 4 members (excludes halogenated alkanes) is 1. The Hall–Kier alpha value is -1.58. The van der Waals surface area contributed by atoms with Crippen molar-refractivity contribution in [1.82, 2.24) is 10.2 Å². The molecule has 3 atom stereocenters. The first kappa shape index (κ1) is 19.7. The number of hydrogen-bond donors (Lipinski definition) is 2. The summed E-state index contributed by atoms with van der Waals surface area (Å²) in [5, 5.41) is 1.77. The number of amides is 2. The van der Waals surface area contributed by atoms with Gasteiger partial charge in [-0.2, -0.15) is 0 Å². The molecule has 1 fully saturated rings. The molecular weight excluding hydrogens is 335 g/mol. The van der Waals surface area contributed by atoms with E-state index >= 15 is 0 Å². The zero-order valence-corrected chi connectivity index (χ0v) is 16.3. The lowest BCUT2D eigenvalue weighted by Crippen LogP contribution is -2.45. The smallest absolute Gasteiger partial charge is 0.318 e. The number of aryl methyl sites for hydroxylation is 1. The summed E-state index contributed by atoms with van der Waals surface area (Å²) < 4.78 is 13.2. The molecule has 5 nitrogen and oxygen atoms in total. The Morgan fingerprint density at radius 1 is 1.56 bits per heavy atom. The lowest BCUT2D eigenvalue weighted by atomic mass is 10.2. The zero-order valence-electron chi connectivity index (χ0n) is 15.4. The molecule has 0 spiro atoms. The maximum atomic E-state index is 13.2. The van der Waals surface area contributed by atoms with Gasteiger partial charge in [0, 0.05) is 19.5 Å². The van der Waals surface area contributed by atoms with Crippen molar-refractivity contribution in [3.63, 3.8) is 0 Å². The molecule has 0 saturated heterocycles. The summed E-state index contributed by atoms with van der Waals surface area (Å²) >= 11 is 0. The summed E-state index contributed by atoms with van der Waals surface area (Å²) in [4.78, 5) is 24.9. The fraction of sp³-hybridized carbons (Fsp3) is 0.526. The number of urea groups is 1. The molecule has 138 valence electrons. The molecule has 1 aromatic carbocycles. The highest BCUT2D eigenvalue weighted by atomic mass is 31.2. The van der Waals surface area contributed by atoms with Gasteiger partial charge < -0.3 is 15.1 Å². The molecule has 2 rings (SSSR count). The van der Waals surface area contributed by atoms with E-state index in [4.69, 9.17) is 0 Å². The van der Waals surface area contributed by atoms with Gasteiger partial charge >= 0.3 is 6.03 Å². The van der Waals surface area contributed by atoms with E-state index in [9.17, 15) is 14.3 Å². The summed E-state index contributed by atoms with van der Waals surface area (Å²) in [6.07, 6.45) is 4.08. The maximum Gasteiger partial charge on any atom is 0.318 e. The van der Waals surface area contributed by atoms with E-state index in [0.717, 1.165) is 24.0 Å². The minimum atomic E-state index is -3.65. The van der Waals surface area contributed by atoms with Gasteiger partial charge in [-0.3, -0.25) is 4.57 Å². The molecule has 0 bridgehead atoms. The standard InChI is InChI=1S/C19H29N2O3P/c1-5-7-11-21(4)18(22)20-19(13-17(19)6-2)25(23,24)14-16-10-8-9-15(3)12-16/h6,8-10,12,17H,2,5,7,11,13-14H2,1,3-4H3,(H,20,22)(H,23,24)/t17?,19-/m0/s1. The number of benzene rings is 1. The fourth-order valence-electron chi connectivity index (χ4n) is 3.16. The van der Waals surface area contributed by atoms with Gasteiger partial charge in [0.2, 0.25) is 7.37 Å². The van der Waals surface area contributed by atoms with E-state index in [1.165, 1.54) is 0 Å². The Balaban J connectivity index is 2.16. The number of carbonyl (C=O) groups is 1. The van der Waals surface area contributed by atoms with Crippen molar-refractivity contribution in [2.45, 2.75) is 44.6 Å². The van der Waals surface area contributed by atoms with Crippen LogP contribution in [-0.4, -0.2) is 34.7 Å². The summed E-state index contributed by atoms with van der Waals surface area (Å²) in [5.74, 6) is -0.170. The molecule has 0 radical (unpaired) electrons. The van der Waals surface area contributed by atoms with Crippen LogP contribution in [0.4, 0.5) is 4.79 Å². The Morgan fingerprint density at radius 3 is 2.84 bits per heavy atom. The number of nitrogens with one attached hydrogen (secondary N) is 1. The molecule has 1 saturated carbocycles. The second-order valence-corrected chi connectivity index (χ2v) is 9.54. The normalized spacial score (nSPS) is 24.2. The highest BCUT2D eigenvalue weighted by Crippen LogP contribution is 2.70. The summed E-state index contributed by atoms with van der Waals surface area (Å²) in [6.45, 7) is 8.40. The molecule has 2 amide bonds. The molecule has 25 heavy (non-hydrogen) atoms. The molecule has 1 aliphatic rings. The molecule has 0 heterocycles. The molecule has 0 aliphatic heterocycles. The largest absolute Gasteiger partial charge is 0.342 e. The van der Waals surface area contributed by atoms with Crippen LogP contribution in [0.2, 0.25) is 0 Å². The van der Waals surface area contributed by atoms with Crippen molar-refractivity contribution >= 4 is 13.4 Å². The number of nitrogens with zero attached hydrogens (tertiary/aromatic N) is 1. The third kappa shape index (κ3) is 4.34. The summed E-state index contributed by atoms with van der Waals surface area (Å²) in [5.41, 5.74) is 1.86. The molecule has 1 aliphatic carbocycles. The number of carbonyl (C=O) groups excluding carboxylic acids is 1. The van der Waals surface area contributed by atoms with Gasteiger partial charge in [0.05, 0.1) is 6.16 Å². The lowest BCUT2D eigenvalue weighted by molar-refractivity contribution is 0.204. The van der Waals surface area contributed by atoms with E-state index in [2.05, 4.69) is 18.8 Å². The van der Waals surface area contributed by atoms with Crippen LogP contribution in [0.3, 0.4) is 0 Å². The van der Waals surface area contributed by atoms with E-state index in [0.29, 0.717) is 13.0 Å². The minimum absolute atomic E-state index is 0.0535. The van der Waals surface area contributed by atoms with E-state index in [1.54, 1.807) is 18.0 Å². The summed E-state index contributed by atoms with van der Waals surface area (Å²) in [7, 11) is -1.93. The molecule has 6 heteroatoms. The van der Waals surface area contributed by atoms with Crippen molar-refractivity contribution in [2.75, 3.05) is 13.6 Å². The van der Waals surface area contributed by atoms with Gasteiger partial charge in [0.15, 0.2) is 0 Å². The van der Waals surface area contributed by atoms with Crippen molar-refractivity contribution in [1.29, 1.82) is 0 Å². The lowest BCUT2D eigenvalue weighted by Gasteiger charge is -2.28.